The van der Waals surface area contributed by atoms with Crippen molar-refractivity contribution < 1.29 is 14.4 Å². The van der Waals surface area contributed by atoms with Crippen LogP contribution in [0.4, 0.5) is 10.5 Å². The summed E-state index contributed by atoms with van der Waals surface area (Å²) < 4.78 is 0. The Hall–Kier alpha value is -4.39. The monoisotopic (exact) mass is 506 g/mol. The fraction of sp³-hybridized carbons (Fsp3) is 0.258. The second-order valence-electron chi connectivity index (χ2n) is 10.3. The van der Waals surface area contributed by atoms with Crippen LogP contribution in [0.25, 0.3) is 10.9 Å². The SMILES string of the molecule is C[C@H](CCc1ccccc1)NC(=O)c1ccccc1N1C(=O)N2CCc3c([nH]c4ccccc34)[C@@]2(C)C1=O. The standard InChI is InChI=1S/C31H30N4O3/c1-20(16-17-21-10-4-3-5-11-21)32-28(36)24-13-7-9-15-26(24)35-29(37)31(2)27-23(18-19-34(31)30(35)38)22-12-6-8-14-25(22)33-27/h3-15,20,33H,16-19H2,1-2H3,(H,32,36)/t20-,31+/m1/s1. The van der Waals surface area contributed by atoms with Crippen LogP contribution >= 0.6 is 0 Å². The average molecular weight is 507 g/mol. The number of fused-ring (bicyclic) bond motifs is 5. The van der Waals surface area contributed by atoms with Gasteiger partial charge in [-0.1, -0.05) is 60.7 Å². The molecule has 192 valence electrons. The molecule has 2 aliphatic rings. The highest BCUT2D eigenvalue weighted by atomic mass is 16.2. The van der Waals surface area contributed by atoms with Crippen molar-refractivity contribution in [2.45, 2.75) is 44.7 Å². The Morgan fingerprint density at radius 3 is 2.53 bits per heavy atom. The molecule has 0 spiro atoms. The highest BCUT2D eigenvalue weighted by Gasteiger charge is 2.59. The van der Waals surface area contributed by atoms with E-state index in [1.165, 1.54) is 10.5 Å². The molecule has 7 heteroatoms. The highest BCUT2D eigenvalue weighted by Crippen LogP contribution is 2.45. The van der Waals surface area contributed by atoms with Gasteiger partial charge in [0, 0.05) is 23.5 Å². The van der Waals surface area contributed by atoms with Crippen molar-refractivity contribution in [2.75, 3.05) is 11.4 Å². The number of aryl methyl sites for hydroxylation is 1. The minimum Gasteiger partial charge on any atom is -0.356 e. The van der Waals surface area contributed by atoms with Gasteiger partial charge in [-0.2, -0.15) is 0 Å². The number of H-pyrrole nitrogens is 1. The number of carbonyl (C=O) groups is 3. The van der Waals surface area contributed by atoms with Gasteiger partial charge >= 0.3 is 6.03 Å². The van der Waals surface area contributed by atoms with Crippen LogP contribution in [-0.2, 0) is 23.2 Å². The van der Waals surface area contributed by atoms with Gasteiger partial charge in [-0.3, -0.25) is 9.59 Å². The molecule has 0 aliphatic carbocycles. The summed E-state index contributed by atoms with van der Waals surface area (Å²) in [6.45, 7) is 4.20. The van der Waals surface area contributed by atoms with Gasteiger partial charge < -0.3 is 15.2 Å². The predicted molar refractivity (Wildman–Crippen MR) is 147 cm³/mol. The smallest absolute Gasteiger partial charge is 0.332 e. The molecule has 0 radical (unpaired) electrons. The third-order valence-electron chi connectivity index (χ3n) is 7.94. The number of aromatic amines is 1. The van der Waals surface area contributed by atoms with Gasteiger partial charge in [-0.25, -0.2) is 9.69 Å². The fourth-order valence-corrected chi connectivity index (χ4v) is 5.87. The van der Waals surface area contributed by atoms with Crippen molar-refractivity contribution in [1.82, 2.24) is 15.2 Å². The molecule has 38 heavy (non-hydrogen) atoms. The number of aromatic nitrogens is 1. The van der Waals surface area contributed by atoms with Gasteiger partial charge in [-0.15, -0.1) is 0 Å². The molecule has 4 aromatic rings. The molecule has 3 aromatic carbocycles. The normalized spacial score (nSPS) is 19.4. The van der Waals surface area contributed by atoms with Crippen LogP contribution in [0.15, 0.2) is 78.9 Å². The lowest BCUT2D eigenvalue weighted by Gasteiger charge is -2.35. The van der Waals surface area contributed by atoms with Gasteiger partial charge in [0.2, 0.25) is 0 Å². The van der Waals surface area contributed by atoms with E-state index >= 15 is 0 Å². The first-order valence-corrected chi connectivity index (χ1v) is 13.1. The molecule has 0 bridgehead atoms. The molecule has 2 N–H and O–H groups in total. The maximum absolute atomic E-state index is 14.1. The van der Waals surface area contributed by atoms with Gasteiger partial charge in [0.25, 0.3) is 11.8 Å². The Kier molecular flexibility index (Phi) is 5.79. The van der Waals surface area contributed by atoms with Crippen molar-refractivity contribution in [3.05, 3.63) is 101 Å². The van der Waals surface area contributed by atoms with Gasteiger partial charge in [0.05, 0.1) is 16.9 Å². The summed E-state index contributed by atoms with van der Waals surface area (Å²) >= 11 is 0. The minimum absolute atomic E-state index is 0.0847. The number of urea groups is 1. The third-order valence-corrected chi connectivity index (χ3v) is 7.94. The number of amides is 4. The van der Waals surface area contributed by atoms with Crippen LogP contribution in [0, 0.1) is 0 Å². The number of hydrogen-bond acceptors (Lipinski definition) is 3. The molecule has 2 aliphatic heterocycles. The quantitative estimate of drug-likeness (QED) is 0.354. The van der Waals surface area contributed by atoms with Gasteiger partial charge in [-0.05, 0) is 62.4 Å². The predicted octanol–water partition coefficient (Wildman–Crippen LogP) is 5.16. The van der Waals surface area contributed by atoms with Crippen molar-refractivity contribution >= 4 is 34.4 Å². The van der Waals surface area contributed by atoms with E-state index in [4.69, 9.17) is 0 Å². The van der Waals surface area contributed by atoms with E-state index in [1.807, 2.05) is 49.4 Å². The number of para-hydroxylation sites is 2. The number of anilines is 1. The van der Waals surface area contributed by atoms with Crippen LogP contribution in [0.5, 0.6) is 0 Å². The molecule has 7 nitrogen and oxygen atoms in total. The molecule has 0 saturated carbocycles. The van der Waals surface area contributed by atoms with Gasteiger partial charge in [0.1, 0.15) is 0 Å². The first-order valence-electron chi connectivity index (χ1n) is 13.1. The van der Waals surface area contributed by atoms with Crippen molar-refractivity contribution in [2.24, 2.45) is 0 Å². The molecule has 1 saturated heterocycles. The number of hydrogen-bond donors (Lipinski definition) is 2. The maximum Gasteiger partial charge on any atom is 0.332 e. The summed E-state index contributed by atoms with van der Waals surface area (Å²) in [5, 5.41) is 4.13. The van der Waals surface area contributed by atoms with Crippen molar-refractivity contribution in [3.8, 4) is 0 Å². The van der Waals surface area contributed by atoms with E-state index in [0.717, 1.165) is 35.0 Å². The molecular formula is C31H30N4O3. The summed E-state index contributed by atoms with van der Waals surface area (Å²) in [6.07, 6.45) is 2.27. The molecular weight excluding hydrogens is 476 g/mol. The van der Waals surface area contributed by atoms with Crippen molar-refractivity contribution in [1.29, 1.82) is 0 Å². The summed E-state index contributed by atoms with van der Waals surface area (Å²) in [5.41, 5.74) is 3.43. The third kappa shape index (κ3) is 3.69. The van der Waals surface area contributed by atoms with E-state index in [0.29, 0.717) is 24.2 Å². The average Bonchev–Trinajstić information content (AvgIpc) is 3.41. The lowest BCUT2D eigenvalue weighted by molar-refractivity contribution is -0.125. The summed E-state index contributed by atoms with van der Waals surface area (Å²) in [5.74, 6) is -0.657. The minimum atomic E-state index is -1.17. The summed E-state index contributed by atoms with van der Waals surface area (Å²) in [6, 6.07) is 24.5. The maximum atomic E-state index is 14.1. The van der Waals surface area contributed by atoms with Crippen LogP contribution in [0.2, 0.25) is 0 Å². The summed E-state index contributed by atoms with van der Waals surface area (Å²) in [7, 11) is 0. The van der Waals surface area contributed by atoms with Crippen LogP contribution < -0.4 is 10.2 Å². The Morgan fingerprint density at radius 2 is 1.71 bits per heavy atom. The second-order valence-corrected chi connectivity index (χ2v) is 10.3. The van der Waals surface area contributed by atoms with E-state index < -0.39 is 11.6 Å². The van der Waals surface area contributed by atoms with Crippen LogP contribution in [0.3, 0.4) is 0 Å². The highest BCUT2D eigenvalue weighted by molar-refractivity contribution is 6.25. The molecule has 1 aromatic heterocycles. The van der Waals surface area contributed by atoms with Gasteiger partial charge in [0.15, 0.2) is 5.54 Å². The first kappa shape index (κ1) is 24.0. The number of nitrogens with zero attached hydrogens (tertiary/aromatic N) is 2. The zero-order valence-electron chi connectivity index (χ0n) is 21.5. The Labute approximate surface area is 221 Å². The number of carbonyl (C=O) groups excluding carboxylic acids is 3. The van der Waals surface area contributed by atoms with Crippen LogP contribution in [-0.4, -0.2) is 40.3 Å². The first-order chi connectivity index (χ1) is 18.4. The Balaban J connectivity index is 1.29. The lowest BCUT2D eigenvalue weighted by Crippen LogP contribution is -2.49. The molecule has 1 fully saturated rings. The van der Waals surface area contributed by atoms with Crippen LogP contribution in [0.1, 0.15) is 47.4 Å². The molecule has 0 unspecified atom stereocenters. The zero-order valence-corrected chi connectivity index (χ0v) is 21.5. The number of benzene rings is 3. The van der Waals surface area contributed by atoms with Crippen molar-refractivity contribution in [3.63, 3.8) is 0 Å². The molecule has 3 heterocycles. The molecule has 2 atom stereocenters. The van der Waals surface area contributed by atoms with E-state index in [-0.39, 0.29) is 17.9 Å². The Bertz CT molecular complexity index is 1560. The largest absolute Gasteiger partial charge is 0.356 e. The van der Waals surface area contributed by atoms with E-state index in [9.17, 15) is 14.4 Å². The number of imide groups is 1. The number of nitrogens with one attached hydrogen (secondary N) is 2. The molecule has 4 amide bonds. The molecule has 6 rings (SSSR count). The lowest BCUT2D eigenvalue weighted by atomic mass is 9.87. The Morgan fingerprint density at radius 1 is 1.00 bits per heavy atom. The second kappa shape index (κ2) is 9.17. The summed E-state index contributed by atoms with van der Waals surface area (Å²) in [4.78, 5) is 47.4. The van der Waals surface area contributed by atoms with E-state index in [1.54, 1.807) is 36.1 Å². The fourth-order valence-electron chi connectivity index (χ4n) is 5.87. The number of rotatable bonds is 6. The van der Waals surface area contributed by atoms with E-state index in [2.05, 4.69) is 22.4 Å². The zero-order chi connectivity index (χ0) is 26.4. The topological polar surface area (TPSA) is 85.5 Å².